The Morgan fingerprint density at radius 1 is 0.667 bits per heavy atom. The smallest absolute Gasteiger partial charge is 0 e. The first-order chi connectivity index (χ1) is 3.91. The van der Waals surface area contributed by atoms with E-state index in [0.717, 1.165) is 0 Å². The maximum atomic E-state index is 2.26. The van der Waals surface area contributed by atoms with Crippen LogP contribution < -0.4 is 0 Å². The number of hydrogen-bond acceptors (Lipinski definition) is 0. The normalized spacial score (nSPS) is 8.67. The first kappa shape index (κ1) is 12.4. The Kier molecular flexibility index (Phi) is 15.9. The van der Waals surface area contributed by atoms with Crippen LogP contribution in [-0.4, -0.2) is 0 Å². The van der Waals surface area contributed by atoms with Gasteiger partial charge in [-0.3, -0.25) is 0 Å². The van der Waals surface area contributed by atoms with Crippen molar-refractivity contribution in [2.24, 2.45) is 0 Å². The van der Waals surface area contributed by atoms with Crippen molar-refractivity contribution in [3.63, 3.8) is 0 Å². The van der Waals surface area contributed by atoms with Gasteiger partial charge in [-0.05, 0) is 0 Å². The third-order valence-corrected chi connectivity index (χ3v) is 1.46. The minimum absolute atomic E-state index is 0. The van der Waals surface area contributed by atoms with Crippen LogP contribution in [0.5, 0.6) is 0 Å². The summed E-state index contributed by atoms with van der Waals surface area (Å²) in [4.78, 5) is 0. The van der Waals surface area contributed by atoms with Gasteiger partial charge in [-0.15, -0.1) is 0 Å². The van der Waals surface area contributed by atoms with Gasteiger partial charge in [-0.25, -0.2) is 0 Å². The summed E-state index contributed by atoms with van der Waals surface area (Å²) < 4.78 is 0. The summed E-state index contributed by atoms with van der Waals surface area (Å²) in [5.41, 5.74) is 0. The molecule has 0 aromatic heterocycles. The maximum absolute atomic E-state index is 2.26. The minimum atomic E-state index is 0. The second-order valence-corrected chi connectivity index (χ2v) is 2.41. The summed E-state index contributed by atoms with van der Waals surface area (Å²) in [6.07, 6.45) is 8.49. The summed E-state index contributed by atoms with van der Waals surface area (Å²) in [5.74, 6) is 0. The molecule has 0 N–H and O–H groups in total. The van der Waals surface area contributed by atoms with Gasteiger partial charge in [0.25, 0.3) is 0 Å². The van der Waals surface area contributed by atoms with E-state index in [1.54, 1.807) is 0 Å². The van der Waals surface area contributed by atoms with E-state index in [9.17, 15) is 0 Å². The van der Waals surface area contributed by atoms with Gasteiger partial charge in [-0.2, -0.15) is 0 Å². The van der Waals surface area contributed by atoms with E-state index in [0.29, 0.717) is 0 Å². The standard InChI is InChI=1S/C8H18.Ag/c1-3-5-7-8-6-4-2;/h3-8H2,1-2H3;. The fourth-order valence-corrected chi connectivity index (χ4v) is 0.854. The molecule has 0 nitrogen and oxygen atoms in total. The van der Waals surface area contributed by atoms with Crippen molar-refractivity contribution in [1.29, 1.82) is 0 Å². The van der Waals surface area contributed by atoms with E-state index in [-0.39, 0.29) is 22.4 Å². The fourth-order valence-electron chi connectivity index (χ4n) is 0.854. The van der Waals surface area contributed by atoms with Gasteiger partial charge in [0.1, 0.15) is 0 Å². The SMILES string of the molecule is CCCCCCCC.[Ag]. The zero-order chi connectivity index (χ0) is 6.24. The van der Waals surface area contributed by atoms with Crippen LogP contribution in [0.4, 0.5) is 0 Å². The molecule has 0 aliphatic carbocycles. The summed E-state index contributed by atoms with van der Waals surface area (Å²) in [5, 5.41) is 0. The Hall–Kier alpha value is 0.740. The molecule has 0 atom stereocenters. The molecule has 0 saturated heterocycles. The molecule has 0 bridgehead atoms. The van der Waals surface area contributed by atoms with Gasteiger partial charge < -0.3 is 0 Å². The van der Waals surface area contributed by atoms with Gasteiger partial charge in [0.15, 0.2) is 0 Å². The molecular weight excluding hydrogens is 204 g/mol. The number of unbranched alkanes of at least 4 members (excludes halogenated alkanes) is 5. The zero-order valence-corrected chi connectivity index (χ0v) is 8.03. The van der Waals surface area contributed by atoms with Crippen LogP contribution >= 0.6 is 0 Å². The first-order valence-corrected chi connectivity index (χ1v) is 3.91. The van der Waals surface area contributed by atoms with E-state index in [2.05, 4.69) is 13.8 Å². The van der Waals surface area contributed by atoms with E-state index in [4.69, 9.17) is 0 Å². The van der Waals surface area contributed by atoms with Crippen LogP contribution in [0.2, 0.25) is 0 Å². The van der Waals surface area contributed by atoms with Gasteiger partial charge in [0.05, 0.1) is 0 Å². The van der Waals surface area contributed by atoms with Crippen molar-refractivity contribution in [3.8, 4) is 0 Å². The number of rotatable bonds is 5. The molecule has 0 spiro atoms. The van der Waals surface area contributed by atoms with E-state index in [1.165, 1.54) is 38.5 Å². The van der Waals surface area contributed by atoms with Crippen LogP contribution in [0.1, 0.15) is 52.4 Å². The summed E-state index contributed by atoms with van der Waals surface area (Å²) in [6, 6.07) is 0. The Balaban J connectivity index is 0. The molecule has 9 heavy (non-hydrogen) atoms. The molecule has 0 unspecified atom stereocenters. The fraction of sp³-hybridized carbons (Fsp3) is 1.00. The summed E-state index contributed by atoms with van der Waals surface area (Å²) in [7, 11) is 0. The molecule has 0 aromatic carbocycles. The third-order valence-electron chi connectivity index (χ3n) is 1.46. The molecule has 0 amide bonds. The van der Waals surface area contributed by atoms with E-state index >= 15 is 0 Å². The van der Waals surface area contributed by atoms with Crippen molar-refractivity contribution in [2.75, 3.05) is 0 Å². The second-order valence-electron chi connectivity index (χ2n) is 2.41. The second kappa shape index (κ2) is 11.5. The van der Waals surface area contributed by atoms with Gasteiger partial charge in [0, 0.05) is 22.4 Å². The minimum Gasteiger partial charge on any atom is -0.0654 e. The molecule has 0 rings (SSSR count). The van der Waals surface area contributed by atoms with Crippen LogP contribution in [-0.2, 0) is 22.4 Å². The van der Waals surface area contributed by atoms with E-state index < -0.39 is 0 Å². The van der Waals surface area contributed by atoms with Gasteiger partial charge >= 0.3 is 0 Å². The predicted octanol–water partition coefficient (Wildman–Crippen LogP) is 3.36. The molecular formula is C8H18Ag. The van der Waals surface area contributed by atoms with Crippen LogP contribution in [0.25, 0.3) is 0 Å². The van der Waals surface area contributed by atoms with Crippen molar-refractivity contribution in [2.45, 2.75) is 52.4 Å². The van der Waals surface area contributed by atoms with E-state index in [1.807, 2.05) is 0 Å². The van der Waals surface area contributed by atoms with Crippen molar-refractivity contribution < 1.29 is 22.4 Å². The van der Waals surface area contributed by atoms with Crippen LogP contribution in [0.15, 0.2) is 0 Å². The zero-order valence-electron chi connectivity index (χ0n) is 6.54. The summed E-state index contributed by atoms with van der Waals surface area (Å²) in [6.45, 7) is 4.51. The summed E-state index contributed by atoms with van der Waals surface area (Å²) >= 11 is 0. The van der Waals surface area contributed by atoms with Crippen LogP contribution in [0, 0.1) is 0 Å². The van der Waals surface area contributed by atoms with Gasteiger partial charge in [0.2, 0.25) is 0 Å². The molecule has 0 aliphatic rings. The molecule has 1 radical (unpaired) electrons. The quantitative estimate of drug-likeness (QED) is 0.494. The molecule has 61 valence electrons. The van der Waals surface area contributed by atoms with Crippen molar-refractivity contribution in [3.05, 3.63) is 0 Å². The van der Waals surface area contributed by atoms with Crippen LogP contribution in [0.3, 0.4) is 0 Å². The molecule has 0 aliphatic heterocycles. The monoisotopic (exact) mass is 221 g/mol. The molecule has 0 fully saturated rings. The maximum Gasteiger partial charge on any atom is 0 e. The third kappa shape index (κ3) is 12.1. The largest absolute Gasteiger partial charge is 0.0654 e. The van der Waals surface area contributed by atoms with Gasteiger partial charge in [-0.1, -0.05) is 52.4 Å². The average Bonchev–Trinajstić information content (AvgIpc) is 1.81. The topological polar surface area (TPSA) is 0 Å². The molecule has 1 heteroatoms. The molecule has 0 saturated carbocycles. The predicted molar refractivity (Wildman–Crippen MR) is 39.0 cm³/mol. The van der Waals surface area contributed by atoms with Crippen molar-refractivity contribution in [1.82, 2.24) is 0 Å². The van der Waals surface area contributed by atoms with Crippen molar-refractivity contribution >= 4 is 0 Å². The Morgan fingerprint density at radius 3 is 1.22 bits per heavy atom. The Morgan fingerprint density at radius 2 is 1.00 bits per heavy atom. The number of hydrogen-bond donors (Lipinski definition) is 0. The Labute approximate surface area is 74.9 Å². The molecule has 0 aromatic rings. The Bertz CT molecular complexity index is 29.5. The average molecular weight is 222 g/mol. The first-order valence-electron chi connectivity index (χ1n) is 3.91. The molecule has 0 heterocycles.